The van der Waals surface area contributed by atoms with E-state index in [4.69, 9.17) is 5.73 Å². The molecule has 11 heavy (non-hydrogen) atoms. The van der Waals surface area contributed by atoms with E-state index < -0.39 is 0 Å². The fourth-order valence-electron chi connectivity index (χ4n) is 0.732. The lowest BCUT2D eigenvalue weighted by Gasteiger charge is -2.12. The summed E-state index contributed by atoms with van der Waals surface area (Å²) in [5.41, 5.74) is 5.10. The zero-order chi connectivity index (χ0) is 8.32. The second-order valence-electron chi connectivity index (χ2n) is 2.59. The van der Waals surface area contributed by atoms with Crippen LogP contribution in [0.25, 0.3) is 0 Å². The summed E-state index contributed by atoms with van der Waals surface area (Å²) in [5, 5.41) is 0. The summed E-state index contributed by atoms with van der Waals surface area (Å²) in [6.45, 7) is 5.41. The van der Waals surface area contributed by atoms with Crippen molar-refractivity contribution in [3.8, 4) is 0 Å². The summed E-state index contributed by atoms with van der Waals surface area (Å²) in [5.74, 6) is 0.494. The van der Waals surface area contributed by atoms with Crippen molar-refractivity contribution in [2.75, 3.05) is 0 Å². The number of rotatable bonds is 1. The second-order valence-corrected chi connectivity index (χ2v) is 2.59. The van der Waals surface area contributed by atoms with Crippen LogP contribution >= 0.6 is 0 Å². The summed E-state index contributed by atoms with van der Waals surface area (Å²) < 4.78 is 0. The Labute approximate surface area is 66.0 Å². The predicted octanol–water partition coefficient (Wildman–Crippen LogP) is 0.886. The lowest BCUT2D eigenvalue weighted by molar-refractivity contribution is 0.745. The van der Waals surface area contributed by atoms with E-state index in [0.29, 0.717) is 5.84 Å². The van der Waals surface area contributed by atoms with Crippen LogP contribution in [0.4, 0.5) is 0 Å². The average molecular weight is 149 g/mol. The maximum Gasteiger partial charge on any atom is 0.123 e. The highest BCUT2D eigenvalue weighted by molar-refractivity contribution is 5.92. The van der Waals surface area contributed by atoms with Crippen molar-refractivity contribution in [1.82, 2.24) is 0 Å². The van der Waals surface area contributed by atoms with E-state index >= 15 is 0 Å². The molecule has 58 valence electrons. The number of nitrogens with zero attached hydrogens (tertiary/aromatic N) is 2. The van der Waals surface area contributed by atoms with Gasteiger partial charge in [0.25, 0.3) is 0 Å². The van der Waals surface area contributed by atoms with Crippen LogP contribution in [0.5, 0.6) is 0 Å². The lowest BCUT2D eigenvalue weighted by Crippen LogP contribution is -2.14. The number of aliphatic imine (C=N–C) groups is 2. The van der Waals surface area contributed by atoms with E-state index in [0.717, 1.165) is 0 Å². The third kappa shape index (κ3) is 1.77. The topological polar surface area (TPSA) is 50.7 Å². The van der Waals surface area contributed by atoms with Gasteiger partial charge >= 0.3 is 0 Å². The molecule has 0 aromatic heterocycles. The molecule has 3 nitrogen and oxygen atoms in total. The van der Waals surface area contributed by atoms with Crippen LogP contribution in [0.3, 0.4) is 0 Å². The second kappa shape index (κ2) is 2.70. The Kier molecular flexibility index (Phi) is 1.89. The maximum absolute atomic E-state index is 5.46. The van der Waals surface area contributed by atoms with E-state index in [1.54, 1.807) is 12.3 Å². The van der Waals surface area contributed by atoms with Gasteiger partial charge in [-0.05, 0) is 31.9 Å². The minimum atomic E-state index is -0.357. The highest BCUT2D eigenvalue weighted by atomic mass is 14.9. The lowest BCUT2D eigenvalue weighted by atomic mass is 10.0. The van der Waals surface area contributed by atoms with Crippen molar-refractivity contribution >= 4 is 12.6 Å². The molecule has 1 rings (SSSR count). The quantitative estimate of drug-likeness (QED) is 0.553. The fourth-order valence-corrected chi connectivity index (χ4v) is 0.732. The van der Waals surface area contributed by atoms with Gasteiger partial charge in [-0.15, -0.1) is 0 Å². The van der Waals surface area contributed by atoms with Crippen molar-refractivity contribution in [3.63, 3.8) is 0 Å². The molecule has 0 aromatic rings. The highest BCUT2D eigenvalue weighted by Crippen LogP contribution is 2.14. The SMILES string of the molecule is C=NC1(C)C=CN=C(N)C=C1. The zero-order valence-corrected chi connectivity index (χ0v) is 6.49. The van der Waals surface area contributed by atoms with E-state index in [1.807, 2.05) is 19.1 Å². The summed E-state index contributed by atoms with van der Waals surface area (Å²) in [6.07, 6.45) is 7.08. The van der Waals surface area contributed by atoms with E-state index in [1.165, 1.54) is 0 Å². The number of nitrogens with two attached hydrogens (primary N) is 1. The van der Waals surface area contributed by atoms with Crippen LogP contribution in [0.2, 0.25) is 0 Å². The molecule has 0 saturated heterocycles. The van der Waals surface area contributed by atoms with E-state index in [2.05, 4.69) is 16.7 Å². The predicted molar refractivity (Wildman–Crippen MR) is 47.9 cm³/mol. The Balaban J connectivity index is 2.95. The standard InChI is InChI=1S/C8H11N3/c1-8(10-2)4-3-7(9)11-6-5-8/h3-6H,2H2,1H3,(H2,9,11). The van der Waals surface area contributed by atoms with Gasteiger partial charge in [-0.25, -0.2) is 4.99 Å². The van der Waals surface area contributed by atoms with Gasteiger partial charge in [-0.1, -0.05) is 0 Å². The average Bonchev–Trinajstić information content (AvgIpc) is 2.15. The third-order valence-corrected chi connectivity index (χ3v) is 1.57. The van der Waals surface area contributed by atoms with Crippen molar-refractivity contribution in [2.45, 2.75) is 12.5 Å². The molecule has 0 amide bonds. The van der Waals surface area contributed by atoms with Gasteiger partial charge in [0.2, 0.25) is 0 Å². The Hall–Kier alpha value is -1.38. The van der Waals surface area contributed by atoms with Gasteiger partial charge in [0.05, 0.1) is 5.54 Å². The van der Waals surface area contributed by atoms with E-state index in [-0.39, 0.29) is 5.54 Å². The minimum absolute atomic E-state index is 0.357. The molecule has 0 aromatic carbocycles. The molecule has 0 radical (unpaired) electrons. The minimum Gasteiger partial charge on any atom is -0.384 e. The van der Waals surface area contributed by atoms with Gasteiger partial charge in [-0.3, -0.25) is 4.99 Å². The molecule has 3 heteroatoms. The molecule has 1 atom stereocenters. The fraction of sp³-hybridized carbons (Fsp3) is 0.250. The van der Waals surface area contributed by atoms with Crippen LogP contribution in [0.15, 0.2) is 34.4 Å². The van der Waals surface area contributed by atoms with Crippen molar-refractivity contribution in [3.05, 3.63) is 24.4 Å². The Morgan fingerprint density at radius 2 is 2.36 bits per heavy atom. The molecule has 1 aliphatic heterocycles. The summed E-state index contributed by atoms with van der Waals surface area (Å²) in [7, 11) is 0. The van der Waals surface area contributed by atoms with Gasteiger partial charge in [0.15, 0.2) is 0 Å². The van der Waals surface area contributed by atoms with Crippen LogP contribution in [-0.2, 0) is 0 Å². The van der Waals surface area contributed by atoms with Crippen LogP contribution in [0.1, 0.15) is 6.92 Å². The first kappa shape index (κ1) is 7.72. The Morgan fingerprint density at radius 3 is 3.00 bits per heavy atom. The van der Waals surface area contributed by atoms with E-state index in [9.17, 15) is 0 Å². The molecule has 2 N–H and O–H groups in total. The molecule has 1 heterocycles. The first-order valence-electron chi connectivity index (χ1n) is 3.34. The molecule has 1 unspecified atom stereocenters. The molecule has 0 bridgehead atoms. The first-order chi connectivity index (χ1) is 5.16. The van der Waals surface area contributed by atoms with Crippen LogP contribution in [0, 0.1) is 0 Å². The summed E-state index contributed by atoms with van der Waals surface area (Å²) in [6, 6.07) is 0. The largest absolute Gasteiger partial charge is 0.384 e. The molecule has 0 spiro atoms. The van der Waals surface area contributed by atoms with Crippen LogP contribution in [-0.4, -0.2) is 18.1 Å². The molecular formula is C8H11N3. The van der Waals surface area contributed by atoms with Gasteiger partial charge in [0, 0.05) is 6.20 Å². The number of hydrogen-bond donors (Lipinski definition) is 1. The molecule has 1 aliphatic rings. The Bertz CT molecular complexity index is 250. The maximum atomic E-state index is 5.46. The third-order valence-electron chi connectivity index (χ3n) is 1.57. The normalized spacial score (nSPS) is 29.4. The monoisotopic (exact) mass is 149 g/mol. The van der Waals surface area contributed by atoms with Gasteiger partial charge < -0.3 is 5.73 Å². The highest BCUT2D eigenvalue weighted by Gasteiger charge is 2.14. The number of amidine groups is 1. The molecule has 0 fully saturated rings. The van der Waals surface area contributed by atoms with Crippen molar-refractivity contribution in [2.24, 2.45) is 15.7 Å². The smallest absolute Gasteiger partial charge is 0.123 e. The zero-order valence-electron chi connectivity index (χ0n) is 6.49. The summed E-state index contributed by atoms with van der Waals surface area (Å²) >= 11 is 0. The van der Waals surface area contributed by atoms with Gasteiger partial charge in [0.1, 0.15) is 5.84 Å². The van der Waals surface area contributed by atoms with Crippen LogP contribution < -0.4 is 5.73 Å². The molecule has 0 aliphatic carbocycles. The molecular weight excluding hydrogens is 138 g/mol. The summed E-state index contributed by atoms with van der Waals surface area (Å²) in [4.78, 5) is 7.83. The Morgan fingerprint density at radius 1 is 1.64 bits per heavy atom. The van der Waals surface area contributed by atoms with Crippen molar-refractivity contribution < 1.29 is 0 Å². The van der Waals surface area contributed by atoms with Crippen molar-refractivity contribution in [1.29, 1.82) is 0 Å². The molecule has 0 saturated carbocycles. The van der Waals surface area contributed by atoms with Gasteiger partial charge in [-0.2, -0.15) is 0 Å². The first-order valence-corrected chi connectivity index (χ1v) is 3.34. The number of hydrogen-bond acceptors (Lipinski definition) is 3.